The summed E-state index contributed by atoms with van der Waals surface area (Å²) >= 11 is 1.65. The summed E-state index contributed by atoms with van der Waals surface area (Å²) in [7, 11) is 1.33. The van der Waals surface area contributed by atoms with Gasteiger partial charge < -0.3 is 19.5 Å². The van der Waals surface area contributed by atoms with Crippen molar-refractivity contribution in [2.45, 2.75) is 50.5 Å². The number of hydrogen-bond acceptors (Lipinski definition) is 8. The van der Waals surface area contributed by atoms with Gasteiger partial charge in [0.25, 0.3) is 0 Å². The lowest BCUT2D eigenvalue weighted by Crippen LogP contribution is -2.36. The molecule has 0 amide bonds. The molecule has 0 bridgehead atoms. The molecule has 1 aromatic heterocycles. The first kappa shape index (κ1) is 24.5. The highest BCUT2D eigenvalue weighted by Crippen LogP contribution is 2.46. The lowest BCUT2D eigenvalue weighted by molar-refractivity contribution is -0.142. The summed E-state index contributed by atoms with van der Waals surface area (Å²) in [6.45, 7) is 2.71. The molecule has 3 aliphatic rings. The smallest absolute Gasteiger partial charge is 0.337 e. The Kier molecular flexibility index (Phi) is 7.07. The first-order chi connectivity index (χ1) is 17.5. The number of thiophene rings is 1. The summed E-state index contributed by atoms with van der Waals surface area (Å²) in [6, 6.07) is 11.0. The summed E-state index contributed by atoms with van der Waals surface area (Å²) in [5.74, 6) is -1.37. The van der Waals surface area contributed by atoms with Crippen molar-refractivity contribution in [3.8, 4) is 0 Å². The second kappa shape index (κ2) is 10.4. The van der Waals surface area contributed by atoms with Crippen LogP contribution >= 0.6 is 11.3 Å². The van der Waals surface area contributed by atoms with E-state index in [-0.39, 0.29) is 24.4 Å². The fourth-order valence-electron chi connectivity index (χ4n) is 5.32. The minimum absolute atomic E-state index is 0.0149. The largest absolute Gasteiger partial charge is 0.465 e. The molecule has 0 spiro atoms. The van der Waals surface area contributed by atoms with Gasteiger partial charge in [-0.05, 0) is 55.3 Å². The van der Waals surface area contributed by atoms with E-state index in [1.807, 2.05) is 18.4 Å². The van der Waals surface area contributed by atoms with Gasteiger partial charge in [-0.25, -0.2) is 9.59 Å². The zero-order valence-electron chi connectivity index (χ0n) is 20.4. The summed E-state index contributed by atoms with van der Waals surface area (Å²) in [5, 5.41) is 5.40. The van der Waals surface area contributed by atoms with Gasteiger partial charge >= 0.3 is 11.9 Å². The normalized spacial score (nSPS) is 23.8. The van der Waals surface area contributed by atoms with Crippen LogP contribution in [-0.2, 0) is 23.8 Å². The van der Waals surface area contributed by atoms with E-state index < -0.39 is 17.9 Å². The highest BCUT2D eigenvalue weighted by Gasteiger charge is 2.41. The minimum atomic E-state index is -0.582. The number of carbonyl (C=O) groups excluding carboxylic acids is 3. The Morgan fingerprint density at radius 1 is 1.14 bits per heavy atom. The molecule has 5 rings (SSSR count). The predicted octanol–water partition coefficient (Wildman–Crippen LogP) is 4.62. The summed E-state index contributed by atoms with van der Waals surface area (Å²) in [4.78, 5) is 40.2. The molecule has 0 radical (unpaired) electrons. The number of carbonyl (C=O) groups is 3. The number of rotatable bonds is 6. The van der Waals surface area contributed by atoms with Crippen LogP contribution in [0.3, 0.4) is 0 Å². The molecule has 2 aromatic rings. The summed E-state index contributed by atoms with van der Waals surface area (Å²) < 4.78 is 16.1. The molecule has 1 aromatic carbocycles. The number of ether oxygens (including phenoxy) is 3. The van der Waals surface area contributed by atoms with Gasteiger partial charge in [0, 0.05) is 46.7 Å². The van der Waals surface area contributed by atoms with Crippen molar-refractivity contribution in [2.75, 3.05) is 20.3 Å². The number of ketones is 1. The molecular weight excluding hydrogens is 478 g/mol. The minimum Gasteiger partial charge on any atom is -0.465 e. The second-order valence-electron chi connectivity index (χ2n) is 9.38. The number of methoxy groups -OCH3 is 1. The highest BCUT2D eigenvalue weighted by atomic mass is 32.1. The van der Waals surface area contributed by atoms with Crippen LogP contribution in [0.25, 0.3) is 0 Å². The maximum absolute atomic E-state index is 13.6. The van der Waals surface area contributed by atoms with Crippen molar-refractivity contribution in [1.29, 1.82) is 0 Å². The van der Waals surface area contributed by atoms with Gasteiger partial charge in [-0.3, -0.25) is 4.79 Å². The Bertz CT molecular complexity index is 1220. The van der Waals surface area contributed by atoms with Crippen molar-refractivity contribution in [3.63, 3.8) is 0 Å². The van der Waals surface area contributed by atoms with Crippen LogP contribution in [0, 0.1) is 0 Å². The average Bonchev–Trinajstić information content (AvgIpc) is 3.61. The van der Waals surface area contributed by atoms with E-state index in [1.54, 1.807) is 35.6 Å². The van der Waals surface area contributed by atoms with Crippen molar-refractivity contribution >= 4 is 29.1 Å². The first-order valence-electron chi connectivity index (χ1n) is 12.2. The van der Waals surface area contributed by atoms with E-state index in [9.17, 15) is 14.4 Å². The van der Waals surface area contributed by atoms with Crippen molar-refractivity contribution < 1.29 is 28.6 Å². The van der Waals surface area contributed by atoms with Gasteiger partial charge in [-0.2, -0.15) is 0 Å². The van der Waals surface area contributed by atoms with Gasteiger partial charge in [0.2, 0.25) is 0 Å². The van der Waals surface area contributed by atoms with E-state index in [0.29, 0.717) is 41.9 Å². The van der Waals surface area contributed by atoms with Crippen LogP contribution in [0.1, 0.15) is 65.2 Å². The maximum Gasteiger partial charge on any atom is 0.337 e. The van der Waals surface area contributed by atoms with E-state index in [0.717, 1.165) is 24.1 Å². The molecule has 0 saturated carbocycles. The topological polar surface area (TPSA) is 90.9 Å². The molecule has 1 N–H and O–H groups in total. The van der Waals surface area contributed by atoms with Crippen LogP contribution in [0.4, 0.5) is 0 Å². The van der Waals surface area contributed by atoms with Crippen LogP contribution in [0.2, 0.25) is 0 Å². The van der Waals surface area contributed by atoms with Crippen molar-refractivity contribution in [1.82, 2.24) is 5.32 Å². The number of dihydropyridines is 1. The van der Waals surface area contributed by atoms with Crippen LogP contribution in [0.15, 0.2) is 64.3 Å². The number of nitrogens with one attached hydrogen (secondary N) is 1. The Labute approximate surface area is 214 Å². The molecule has 0 unspecified atom stereocenters. The summed E-state index contributed by atoms with van der Waals surface area (Å²) in [5.41, 5.74) is 3.69. The lowest BCUT2D eigenvalue weighted by atomic mass is 9.72. The number of benzene rings is 1. The molecular formula is C28H29NO6S. The second-order valence-corrected chi connectivity index (χ2v) is 10.4. The number of allylic oxidation sites excluding steroid dienone is 3. The first-order valence-corrected chi connectivity index (χ1v) is 13.1. The van der Waals surface area contributed by atoms with Gasteiger partial charge in [-0.1, -0.05) is 18.2 Å². The van der Waals surface area contributed by atoms with Crippen LogP contribution in [0.5, 0.6) is 0 Å². The Morgan fingerprint density at radius 2 is 1.94 bits per heavy atom. The third kappa shape index (κ3) is 4.75. The fraction of sp³-hybridized carbons (Fsp3) is 0.393. The molecule has 188 valence electrons. The molecule has 1 aliphatic carbocycles. The quantitative estimate of drug-likeness (QED) is 0.571. The lowest BCUT2D eigenvalue weighted by Gasteiger charge is -2.36. The average molecular weight is 508 g/mol. The third-order valence-electron chi connectivity index (χ3n) is 7.08. The molecule has 1 fully saturated rings. The Hall–Kier alpha value is -3.23. The standard InChI is InChI=1S/C28H29NO6S/c1-16-24(28(32)35-15-20-5-3-11-34-20)25(17-7-9-18(10-8-17)27(31)33-2)26-21(29-16)13-19(14-22(26)30)23-6-4-12-36-23/h4,6-10,12,19-20,25,29H,3,5,11,13-15H2,1-2H3/t19-,20+,25+/m1/s1. The van der Waals surface area contributed by atoms with Crippen LogP contribution < -0.4 is 5.32 Å². The molecule has 8 heteroatoms. The maximum atomic E-state index is 13.6. The SMILES string of the molecule is COC(=O)c1ccc([C@H]2C(C(=O)OC[C@@H]3CCCO3)=C(C)NC3=C2C(=O)C[C@H](c2cccs2)C3)cc1. The fourth-order valence-corrected chi connectivity index (χ4v) is 6.15. The molecule has 3 atom stereocenters. The monoisotopic (exact) mass is 507 g/mol. The van der Waals surface area contributed by atoms with Crippen molar-refractivity contribution in [2.24, 2.45) is 0 Å². The van der Waals surface area contributed by atoms with E-state index >= 15 is 0 Å². The van der Waals surface area contributed by atoms with Crippen molar-refractivity contribution in [3.05, 3.63) is 80.3 Å². The Balaban J connectivity index is 1.51. The van der Waals surface area contributed by atoms with E-state index in [2.05, 4.69) is 11.4 Å². The van der Waals surface area contributed by atoms with Gasteiger partial charge in [0.1, 0.15) is 6.61 Å². The van der Waals surface area contributed by atoms with Gasteiger partial charge in [-0.15, -0.1) is 11.3 Å². The molecule has 1 saturated heterocycles. The zero-order valence-corrected chi connectivity index (χ0v) is 21.2. The van der Waals surface area contributed by atoms with E-state index in [4.69, 9.17) is 14.2 Å². The highest BCUT2D eigenvalue weighted by molar-refractivity contribution is 7.10. The Morgan fingerprint density at radius 3 is 2.61 bits per heavy atom. The van der Waals surface area contributed by atoms with Crippen LogP contribution in [-0.4, -0.2) is 44.1 Å². The molecule has 2 aliphatic heterocycles. The zero-order chi connectivity index (χ0) is 25.2. The molecule has 3 heterocycles. The summed E-state index contributed by atoms with van der Waals surface area (Å²) in [6.07, 6.45) is 2.79. The van der Waals surface area contributed by atoms with E-state index in [1.165, 1.54) is 12.0 Å². The number of esters is 2. The predicted molar refractivity (Wildman–Crippen MR) is 135 cm³/mol. The van der Waals surface area contributed by atoms with Gasteiger partial charge in [0.05, 0.1) is 24.4 Å². The van der Waals surface area contributed by atoms with Gasteiger partial charge in [0.15, 0.2) is 5.78 Å². The number of hydrogen-bond donors (Lipinski definition) is 1. The number of Topliss-reactive ketones (excluding diaryl/α,β-unsaturated/α-hetero) is 1. The molecule has 36 heavy (non-hydrogen) atoms. The molecule has 7 nitrogen and oxygen atoms in total. The third-order valence-corrected chi connectivity index (χ3v) is 8.12.